The van der Waals surface area contributed by atoms with Crippen LogP contribution in [-0.2, 0) is 22.3 Å². The molecule has 1 aliphatic heterocycles. The van der Waals surface area contributed by atoms with Crippen molar-refractivity contribution in [1.29, 1.82) is 0 Å². The lowest BCUT2D eigenvalue weighted by Crippen LogP contribution is -2.32. The Bertz CT molecular complexity index is 882. The number of hydrogen-bond donors (Lipinski definition) is 1. The van der Waals surface area contributed by atoms with Crippen LogP contribution in [0, 0.1) is 6.92 Å². The maximum Gasteiger partial charge on any atom is 0.321 e. The summed E-state index contributed by atoms with van der Waals surface area (Å²) in [6, 6.07) is 7.63. The number of ether oxygens (including phenoxy) is 1. The van der Waals surface area contributed by atoms with Gasteiger partial charge >= 0.3 is 6.01 Å². The Morgan fingerprint density at radius 3 is 2.63 bits per heavy atom. The van der Waals surface area contributed by atoms with Gasteiger partial charge in [0, 0.05) is 13.1 Å². The van der Waals surface area contributed by atoms with E-state index in [2.05, 4.69) is 24.6 Å². The number of anilines is 1. The van der Waals surface area contributed by atoms with E-state index in [9.17, 15) is 8.42 Å². The molecule has 1 aromatic heterocycles. The minimum Gasteiger partial charge on any atom is -0.467 e. The molecule has 2 heterocycles. The normalized spacial score (nSPS) is 15.0. The molecule has 2 aromatic rings. The number of rotatable bonds is 7. The largest absolute Gasteiger partial charge is 0.467 e. The topological polar surface area (TPSA) is 97.3 Å². The number of aromatic nitrogens is 3. The second kappa shape index (κ2) is 8.62. The molecule has 0 unspecified atom stereocenters. The van der Waals surface area contributed by atoms with Gasteiger partial charge < -0.3 is 9.64 Å². The molecule has 0 atom stereocenters. The highest BCUT2D eigenvalue weighted by Crippen LogP contribution is 2.18. The number of aryl methyl sites for hydroxylation is 1. The van der Waals surface area contributed by atoms with Crippen molar-refractivity contribution < 1.29 is 13.2 Å². The molecule has 1 N–H and O–H groups in total. The van der Waals surface area contributed by atoms with E-state index in [1.807, 2.05) is 25.1 Å². The predicted octanol–water partition coefficient (Wildman–Crippen LogP) is 1.80. The van der Waals surface area contributed by atoms with Crippen molar-refractivity contribution >= 4 is 16.0 Å². The molecule has 0 amide bonds. The molecule has 8 nitrogen and oxygen atoms in total. The van der Waals surface area contributed by atoms with Crippen LogP contribution < -0.4 is 14.4 Å². The highest BCUT2D eigenvalue weighted by atomic mass is 32.2. The Morgan fingerprint density at radius 2 is 1.93 bits per heavy atom. The minimum atomic E-state index is -3.51. The van der Waals surface area contributed by atoms with Crippen LogP contribution in [0.25, 0.3) is 0 Å². The molecule has 0 spiro atoms. The molecule has 0 saturated carbocycles. The van der Waals surface area contributed by atoms with Crippen LogP contribution in [0.4, 0.5) is 5.95 Å². The lowest BCUT2D eigenvalue weighted by molar-refractivity contribution is 0.374. The fraction of sp³-hybridized carbons (Fsp3) is 0.500. The van der Waals surface area contributed by atoms with Crippen molar-refractivity contribution in [3.63, 3.8) is 0 Å². The zero-order chi connectivity index (χ0) is 19.3. The third kappa shape index (κ3) is 5.61. The molecular formula is C18H25N5O3S. The van der Waals surface area contributed by atoms with E-state index in [0.717, 1.165) is 37.1 Å². The highest BCUT2D eigenvalue weighted by molar-refractivity contribution is 7.88. The summed E-state index contributed by atoms with van der Waals surface area (Å²) in [6.07, 6.45) is 3.38. The molecule has 1 fully saturated rings. The van der Waals surface area contributed by atoms with E-state index in [1.165, 1.54) is 13.5 Å². The van der Waals surface area contributed by atoms with Gasteiger partial charge in [-0.3, -0.25) is 0 Å². The van der Waals surface area contributed by atoms with Crippen LogP contribution >= 0.6 is 0 Å². The number of nitrogens with zero attached hydrogens (tertiary/aromatic N) is 4. The summed E-state index contributed by atoms with van der Waals surface area (Å²) < 4.78 is 32.5. The van der Waals surface area contributed by atoms with Crippen molar-refractivity contribution in [2.24, 2.45) is 0 Å². The van der Waals surface area contributed by atoms with Crippen LogP contribution in [0.2, 0.25) is 0 Å². The zero-order valence-electron chi connectivity index (χ0n) is 15.7. The summed E-state index contributed by atoms with van der Waals surface area (Å²) in [7, 11) is -2.02. The molecule has 0 radical (unpaired) electrons. The van der Waals surface area contributed by atoms with E-state index in [0.29, 0.717) is 11.8 Å². The molecule has 3 rings (SSSR count). The minimum absolute atomic E-state index is 0.00608. The molecule has 1 aliphatic rings. The lowest BCUT2D eigenvalue weighted by Gasteiger charge is -2.26. The van der Waals surface area contributed by atoms with Gasteiger partial charge in [0.25, 0.3) is 0 Å². The van der Waals surface area contributed by atoms with E-state index in [1.54, 1.807) is 6.07 Å². The summed E-state index contributed by atoms with van der Waals surface area (Å²) in [6.45, 7) is 3.69. The van der Waals surface area contributed by atoms with Gasteiger partial charge in [-0.25, -0.2) is 13.1 Å². The van der Waals surface area contributed by atoms with Crippen molar-refractivity contribution in [1.82, 2.24) is 19.7 Å². The smallest absolute Gasteiger partial charge is 0.321 e. The zero-order valence-corrected chi connectivity index (χ0v) is 16.5. The molecule has 0 bridgehead atoms. The first-order valence-electron chi connectivity index (χ1n) is 9.02. The number of benzene rings is 1. The SMILES string of the molecule is COc1nc(CNS(=O)(=O)Cc2cccc(C)c2)nc(N2CCCCC2)n1. The van der Waals surface area contributed by atoms with Crippen LogP contribution in [0.15, 0.2) is 24.3 Å². The summed E-state index contributed by atoms with van der Waals surface area (Å²) in [5, 5.41) is 0. The first kappa shape index (κ1) is 19.5. The van der Waals surface area contributed by atoms with Gasteiger partial charge in [-0.05, 0) is 31.7 Å². The van der Waals surface area contributed by atoms with E-state index < -0.39 is 10.0 Å². The standard InChI is InChI=1S/C18H25N5O3S/c1-14-7-6-8-15(11-14)13-27(24,25)19-12-16-20-17(22-18(21-16)26-2)23-9-4-3-5-10-23/h6-8,11,19H,3-5,9-10,12-13H2,1-2H3. The second-order valence-corrected chi connectivity index (χ2v) is 8.46. The van der Waals surface area contributed by atoms with Gasteiger partial charge in [-0.1, -0.05) is 29.8 Å². The molecule has 1 saturated heterocycles. The van der Waals surface area contributed by atoms with Crippen LogP contribution in [0.3, 0.4) is 0 Å². The first-order chi connectivity index (χ1) is 12.9. The van der Waals surface area contributed by atoms with Crippen LogP contribution in [0.5, 0.6) is 6.01 Å². The summed E-state index contributed by atoms with van der Waals surface area (Å²) in [4.78, 5) is 15.0. The first-order valence-corrected chi connectivity index (χ1v) is 10.7. The third-order valence-corrected chi connectivity index (χ3v) is 5.66. The second-order valence-electron chi connectivity index (χ2n) is 6.66. The Morgan fingerprint density at radius 1 is 1.15 bits per heavy atom. The Kier molecular flexibility index (Phi) is 6.22. The maximum absolute atomic E-state index is 12.4. The third-order valence-electron chi connectivity index (χ3n) is 4.36. The van der Waals surface area contributed by atoms with Crippen molar-refractivity contribution in [3.8, 4) is 6.01 Å². The Balaban J connectivity index is 1.70. The molecule has 146 valence electrons. The van der Waals surface area contributed by atoms with Gasteiger partial charge in [-0.2, -0.15) is 15.0 Å². The number of nitrogens with one attached hydrogen (secondary N) is 1. The molecule has 1 aromatic carbocycles. The number of hydrogen-bond acceptors (Lipinski definition) is 7. The van der Waals surface area contributed by atoms with Crippen LogP contribution in [0.1, 0.15) is 36.2 Å². The van der Waals surface area contributed by atoms with Gasteiger partial charge in [0.05, 0.1) is 19.4 Å². The van der Waals surface area contributed by atoms with Crippen molar-refractivity contribution in [3.05, 3.63) is 41.2 Å². The van der Waals surface area contributed by atoms with Crippen molar-refractivity contribution in [2.45, 2.75) is 38.5 Å². The number of methoxy groups -OCH3 is 1. The lowest BCUT2D eigenvalue weighted by atomic mass is 10.1. The van der Waals surface area contributed by atoms with E-state index in [4.69, 9.17) is 4.74 Å². The fourth-order valence-corrected chi connectivity index (χ4v) is 4.11. The summed E-state index contributed by atoms with van der Waals surface area (Å²) in [5.74, 6) is 0.792. The van der Waals surface area contributed by atoms with E-state index >= 15 is 0 Å². The average Bonchev–Trinajstić information content (AvgIpc) is 2.66. The summed E-state index contributed by atoms with van der Waals surface area (Å²) in [5.41, 5.74) is 1.76. The van der Waals surface area contributed by atoms with Crippen LogP contribution in [-0.4, -0.2) is 43.6 Å². The Hall–Kier alpha value is -2.26. The van der Waals surface area contributed by atoms with E-state index in [-0.39, 0.29) is 18.3 Å². The number of sulfonamides is 1. The monoisotopic (exact) mass is 391 g/mol. The number of piperidine rings is 1. The van der Waals surface area contributed by atoms with Gasteiger partial charge in [0.2, 0.25) is 16.0 Å². The molecule has 0 aliphatic carbocycles. The van der Waals surface area contributed by atoms with Gasteiger partial charge in [0.1, 0.15) is 0 Å². The highest BCUT2D eigenvalue weighted by Gasteiger charge is 2.18. The van der Waals surface area contributed by atoms with Crippen molar-refractivity contribution in [2.75, 3.05) is 25.1 Å². The van der Waals surface area contributed by atoms with Gasteiger partial charge in [0.15, 0.2) is 5.82 Å². The molecular weight excluding hydrogens is 366 g/mol. The average molecular weight is 391 g/mol. The molecule has 9 heteroatoms. The Labute approximate surface area is 160 Å². The fourth-order valence-electron chi connectivity index (χ4n) is 3.04. The molecule has 27 heavy (non-hydrogen) atoms. The quantitative estimate of drug-likeness (QED) is 0.768. The summed E-state index contributed by atoms with van der Waals surface area (Å²) >= 11 is 0. The van der Waals surface area contributed by atoms with Gasteiger partial charge in [-0.15, -0.1) is 0 Å². The maximum atomic E-state index is 12.4. The predicted molar refractivity (Wildman–Crippen MR) is 103 cm³/mol.